The number of phenols is 1. The van der Waals surface area contributed by atoms with Gasteiger partial charge in [0.2, 0.25) is 0 Å². The van der Waals surface area contributed by atoms with Gasteiger partial charge in [-0.2, -0.15) is 0 Å². The van der Waals surface area contributed by atoms with Crippen LogP contribution in [0.3, 0.4) is 0 Å². The van der Waals surface area contributed by atoms with Crippen LogP contribution in [0.1, 0.15) is 5.56 Å². The van der Waals surface area contributed by atoms with Crippen LogP contribution in [0.4, 0.5) is 22.7 Å². The molecule has 0 bridgehead atoms. The molecule has 1 N–H and O–H groups in total. The Bertz CT molecular complexity index is 1130. The average Bonchev–Trinajstić information content (AvgIpc) is 2.75. The highest BCUT2D eigenvalue weighted by atomic mass is 16.6. The Hall–Kier alpha value is -5.01. The summed E-state index contributed by atoms with van der Waals surface area (Å²) in [6.45, 7) is 0.721. The Morgan fingerprint density at radius 2 is 1.16 bits per heavy atom. The minimum atomic E-state index is -1.21. The summed E-state index contributed by atoms with van der Waals surface area (Å²) in [7, 11) is 0. The van der Waals surface area contributed by atoms with Gasteiger partial charge in [0.15, 0.2) is 18.9 Å². The minimum absolute atomic E-state index is 0.127. The highest BCUT2D eigenvalue weighted by molar-refractivity contribution is 5.64. The summed E-state index contributed by atoms with van der Waals surface area (Å²) in [6.07, 6.45) is 3.92. The van der Waals surface area contributed by atoms with E-state index >= 15 is 0 Å². The maximum Gasteiger partial charge on any atom is 0.324 e. The van der Waals surface area contributed by atoms with Gasteiger partial charge in [-0.05, 0) is 12.1 Å². The molecule has 164 valence electrons. The Morgan fingerprint density at radius 3 is 1.56 bits per heavy atom. The van der Waals surface area contributed by atoms with Crippen molar-refractivity contribution in [3.8, 4) is 5.75 Å². The lowest BCUT2D eigenvalue weighted by Gasteiger charge is -1.97. The number of benzene rings is 2. The van der Waals surface area contributed by atoms with E-state index in [0.29, 0.717) is 12.1 Å². The van der Waals surface area contributed by atoms with E-state index in [9.17, 15) is 40.5 Å². The van der Waals surface area contributed by atoms with Crippen LogP contribution in [0.25, 0.3) is 0 Å². The molecule has 0 unspecified atom stereocenters. The second kappa shape index (κ2) is 10.1. The number of phenolic OH excluding ortho intramolecular Hbond substituents is 1. The standard InChI is InChI=1S/C12H11N2O2.C6H3N3O7/c15-14(16)12-6-4-11(5-7-12)10-13-8-2-1-3-9-13;10-6-4(8(13)14)1-3(7(11)12)2-5(6)9(15)16/h1-9H,10H2;1-2,10H/q+1;. The average molecular weight is 444 g/mol. The number of nitro groups is 4. The summed E-state index contributed by atoms with van der Waals surface area (Å²) >= 11 is 0. The van der Waals surface area contributed by atoms with E-state index < -0.39 is 37.6 Å². The third-order valence-corrected chi connectivity index (χ3v) is 3.95. The molecule has 0 spiro atoms. The fourth-order valence-electron chi connectivity index (χ4n) is 2.45. The lowest BCUT2D eigenvalue weighted by atomic mass is 10.2. The molecule has 32 heavy (non-hydrogen) atoms. The Morgan fingerprint density at radius 1 is 0.688 bits per heavy atom. The summed E-state index contributed by atoms with van der Waals surface area (Å²) in [5.41, 5.74) is -1.83. The zero-order valence-electron chi connectivity index (χ0n) is 16.0. The number of nitro benzene ring substituents is 4. The number of pyridine rings is 1. The molecule has 14 heteroatoms. The number of nitrogens with zero attached hydrogens (tertiary/aromatic N) is 5. The molecule has 0 aliphatic carbocycles. The zero-order chi connectivity index (χ0) is 23.8. The SMILES string of the molecule is O=[N+]([O-])c1cc([N+](=O)[O-])c(O)c([N+](=O)[O-])c1.O=[N+]([O-])c1ccc(C[n+]2ccccc2)cc1. The van der Waals surface area contributed by atoms with Crippen molar-refractivity contribution in [2.24, 2.45) is 0 Å². The molecule has 2 aromatic carbocycles. The first kappa shape index (κ1) is 23.3. The van der Waals surface area contributed by atoms with Crippen molar-refractivity contribution in [2.45, 2.75) is 6.54 Å². The fourth-order valence-corrected chi connectivity index (χ4v) is 2.45. The van der Waals surface area contributed by atoms with E-state index in [-0.39, 0.29) is 10.6 Å². The van der Waals surface area contributed by atoms with Gasteiger partial charge in [0.25, 0.3) is 17.1 Å². The first-order valence-electron chi connectivity index (χ1n) is 8.57. The van der Waals surface area contributed by atoms with Gasteiger partial charge < -0.3 is 5.11 Å². The molecule has 1 aromatic heterocycles. The van der Waals surface area contributed by atoms with Crippen LogP contribution in [-0.4, -0.2) is 24.8 Å². The molecule has 1 heterocycles. The molecule has 0 saturated carbocycles. The van der Waals surface area contributed by atoms with Crippen molar-refractivity contribution in [3.63, 3.8) is 0 Å². The van der Waals surface area contributed by atoms with Crippen LogP contribution in [0.2, 0.25) is 0 Å². The van der Waals surface area contributed by atoms with E-state index in [2.05, 4.69) is 0 Å². The van der Waals surface area contributed by atoms with Gasteiger partial charge in [-0.1, -0.05) is 6.07 Å². The van der Waals surface area contributed by atoms with E-state index in [1.54, 1.807) is 12.1 Å². The van der Waals surface area contributed by atoms with Gasteiger partial charge in [-0.25, -0.2) is 4.57 Å². The molecular formula is C18H14N5O9+. The maximum atomic E-state index is 10.5. The predicted octanol–water partition coefficient (Wildman–Crippen LogP) is 3.05. The third kappa shape index (κ3) is 5.99. The van der Waals surface area contributed by atoms with Gasteiger partial charge in [0.1, 0.15) is 0 Å². The van der Waals surface area contributed by atoms with Gasteiger partial charge in [-0.3, -0.25) is 40.5 Å². The molecule has 3 aromatic rings. The molecular weight excluding hydrogens is 430 g/mol. The van der Waals surface area contributed by atoms with Crippen LogP contribution in [0, 0.1) is 40.5 Å². The van der Waals surface area contributed by atoms with Gasteiger partial charge >= 0.3 is 11.4 Å². The monoisotopic (exact) mass is 444 g/mol. The highest BCUT2D eigenvalue weighted by Gasteiger charge is 2.30. The molecule has 0 saturated heterocycles. The summed E-state index contributed by atoms with van der Waals surface area (Å²) < 4.78 is 2.02. The van der Waals surface area contributed by atoms with Crippen molar-refractivity contribution in [1.82, 2.24) is 0 Å². The van der Waals surface area contributed by atoms with Crippen molar-refractivity contribution >= 4 is 22.7 Å². The van der Waals surface area contributed by atoms with Crippen LogP contribution >= 0.6 is 0 Å². The van der Waals surface area contributed by atoms with Crippen molar-refractivity contribution in [2.75, 3.05) is 0 Å². The first-order valence-corrected chi connectivity index (χ1v) is 8.57. The second-order valence-electron chi connectivity index (χ2n) is 6.08. The van der Waals surface area contributed by atoms with Crippen LogP contribution in [0.5, 0.6) is 5.75 Å². The molecule has 0 aliphatic rings. The van der Waals surface area contributed by atoms with Gasteiger partial charge in [-0.15, -0.1) is 0 Å². The van der Waals surface area contributed by atoms with Crippen LogP contribution < -0.4 is 4.57 Å². The summed E-state index contributed by atoms with van der Waals surface area (Å²) in [5.74, 6) is -1.21. The number of aromatic hydroxyl groups is 1. The van der Waals surface area contributed by atoms with Crippen molar-refractivity contribution in [3.05, 3.63) is 113 Å². The normalized spacial score (nSPS) is 9.88. The number of non-ortho nitro benzene ring substituents is 2. The van der Waals surface area contributed by atoms with Gasteiger partial charge in [0, 0.05) is 29.8 Å². The van der Waals surface area contributed by atoms with E-state index in [1.807, 2.05) is 35.2 Å². The number of aromatic nitrogens is 1. The molecule has 14 nitrogen and oxygen atoms in total. The minimum Gasteiger partial charge on any atom is -0.497 e. The lowest BCUT2D eigenvalue weighted by Crippen LogP contribution is -2.32. The second-order valence-corrected chi connectivity index (χ2v) is 6.08. The topological polar surface area (TPSA) is 197 Å². The summed E-state index contributed by atoms with van der Waals surface area (Å²) in [6, 6.07) is 13.3. The van der Waals surface area contributed by atoms with E-state index in [1.165, 1.54) is 12.1 Å². The Balaban J connectivity index is 0.000000227. The Kier molecular flexibility index (Phi) is 7.38. The van der Waals surface area contributed by atoms with Crippen LogP contribution in [0.15, 0.2) is 67.0 Å². The van der Waals surface area contributed by atoms with Crippen molar-refractivity contribution < 1.29 is 29.4 Å². The molecule has 0 fully saturated rings. The van der Waals surface area contributed by atoms with Crippen LogP contribution in [-0.2, 0) is 6.54 Å². The molecule has 0 amide bonds. The largest absolute Gasteiger partial charge is 0.497 e. The molecule has 0 atom stereocenters. The smallest absolute Gasteiger partial charge is 0.324 e. The highest BCUT2D eigenvalue weighted by Crippen LogP contribution is 2.38. The van der Waals surface area contributed by atoms with E-state index in [4.69, 9.17) is 5.11 Å². The quantitative estimate of drug-likeness (QED) is 0.337. The molecule has 0 radical (unpaired) electrons. The third-order valence-electron chi connectivity index (χ3n) is 3.95. The Labute approximate surface area is 178 Å². The van der Waals surface area contributed by atoms with Gasteiger partial charge in [0.05, 0.1) is 31.8 Å². The molecule has 3 rings (SSSR count). The molecule has 0 aliphatic heterocycles. The number of hydrogen-bond acceptors (Lipinski definition) is 9. The fraction of sp³-hybridized carbons (Fsp3) is 0.0556. The summed E-state index contributed by atoms with van der Waals surface area (Å²) in [4.78, 5) is 37.9. The number of rotatable bonds is 6. The predicted molar refractivity (Wildman–Crippen MR) is 107 cm³/mol. The summed E-state index contributed by atoms with van der Waals surface area (Å²) in [5, 5.41) is 50.7. The number of hydrogen-bond donors (Lipinski definition) is 1. The lowest BCUT2D eigenvalue weighted by molar-refractivity contribution is -0.688. The van der Waals surface area contributed by atoms with Crippen molar-refractivity contribution in [1.29, 1.82) is 0 Å². The zero-order valence-corrected chi connectivity index (χ0v) is 16.0. The first-order chi connectivity index (χ1) is 15.1. The maximum absolute atomic E-state index is 10.5. The van der Waals surface area contributed by atoms with E-state index in [0.717, 1.165) is 12.1 Å².